The van der Waals surface area contributed by atoms with Crippen LogP contribution in [-0.2, 0) is 17.3 Å². The van der Waals surface area contributed by atoms with Crippen molar-refractivity contribution in [2.24, 2.45) is 7.05 Å². The molecular weight excluding hydrogens is 324 g/mol. The van der Waals surface area contributed by atoms with Crippen molar-refractivity contribution in [3.63, 3.8) is 0 Å². The van der Waals surface area contributed by atoms with Crippen LogP contribution < -0.4 is 5.69 Å². The Labute approximate surface area is 124 Å². The first-order valence-corrected chi connectivity index (χ1v) is 7.18. The van der Waals surface area contributed by atoms with Crippen molar-refractivity contribution >= 4 is 32.9 Å². The lowest BCUT2D eigenvalue weighted by atomic mass is 10.2. The summed E-state index contributed by atoms with van der Waals surface area (Å²) >= 11 is 3.37. The van der Waals surface area contributed by atoms with Crippen molar-refractivity contribution in [1.29, 1.82) is 0 Å². The van der Waals surface area contributed by atoms with Crippen molar-refractivity contribution in [1.82, 2.24) is 9.13 Å². The van der Waals surface area contributed by atoms with Gasteiger partial charge in [-0.1, -0.05) is 0 Å². The fourth-order valence-corrected chi connectivity index (χ4v) is 3.04. The number of imidazole rings is 1. The molecule has 0 unspecified atom stereocenters. The minimum Gasteiger partial charge on any atom is -0.465 e. The third-order valence-electron chi connectivity index (χ3n) is 4.06. The van der Waals surface area contributed by atoms with E-state index in [0.717, 1.165) is 23.9 Å². The SMILES string of the molecule is COC(=O)c1cc2c(cc1Br)n(C)c(=O)n2C1(C)CC1. The first kappa shape index (κ1) is 13.4. The number of carbonyl (C=O) groups excluding carboxylic acids is 1. The van der Waals surface area contributed by atoms with Crippen LogP contribution in [0.2, 0.25) is 0 Å². The molecule has 0 atom stereocenters. The Morgan fingerprint density at radius 1 is 1.35 bits per heavy atom. The van der Waals surface area contributed by atoms with Gasteiger partial charge in [0.25, 0.3) is 0 Å². The van der Waals surface area contributed by atoms with Gasteiger partial charge in [-0.2, -0.15) is 0 Å². The van der Waals surface area contributed by atoms with Gasteiger partial charge in [0.2, 0.25) is 0 Å². The number of benzene rings is 1. The molecule has 1 aliphatic rings. The highest BCUT2D eigenvalue weighted by Gasteiger charge is 2.42. The summed E-state index contributed by atoms with van der Waals surface area (Å²) in [6.07, 6.45) is 1.96. The third kappa shape index (κ3) is 1.74. The molecule has 1 heterocycles. The normalized spacial score (nSPS) is 16.4. The number of fused-ring (bicyclic) bond motifs is 1. The van der Waals surface area contributed by atoms with Crippen LogP contribution in [0.5, 0.6) is 0 Å². The number of methoxy groups -OCH3 is 1. The molecule has 6 heteroatoms. The minimum atomic E-state index is -0.414. The van der Waals surface area contributed by atoms with Gasteiger partial charge in [0, 0.05) is 17.1 Å². The third-order valence-corrected chi connectivity index (χ3v) is 4.72. The van der Waals surface area contributed by atoms with Gasteiger partial charge in [-0.15, -0.1) is 0 Å². The average Bonchev–Trinajstić information content (AvgIpc) is 3.11. The zero-order valence-electron chi connectivity index (χ0n) is 11.6. The quantitative estimate of drug-likeness (QED) is 0.790. The lowest BCUT2D eigenvalue weighted by molar-refractivity contribution is 0.0600. The summed E-state index contributed by atoms with van der Waals surface area (Å²) < 4.78 is 8.82. The molecule has 1 aromatic heterocycles. The van der Waals surface area contributed by atoms with E-state index in [1.807, 2.05) is 0 Å². The second-order valence-corrected chi connectivity index (χ2v) is 6.34. The summed E-state index contributed by atoms with van der Waals surface area (Å²) in [6.45, 7) is 2.06. The largest absolute Gasteiger partial charge is 0.465 e. The second-order valence-electron chi connectivity index (χ2n) is 5.49. The summed E-state index contributed by atoms with van der Waals surface area (Å²) in [4.78, 5) is 24.2. The highest BCUT2D eigenvalue weighted by molar-refractivity contribution is 9.10. The molecule has 0 radical (unpaired) electrons. The Bertz CT molecular complexity index is 784. The van der Waals surface area contributed by atoms with E-state index < -0.39 is 5.97 Å². The molecule has 5 nitrogen and oxygen atoms in total. The van der Waals surface area contributed by atoms with Crippen LogP contribution in [0.15, 0.2) is 21.4 Å². The van der Waals surface area contributed by atoms with E-state index in [9.17, 15) is 9.59 Å². The lowest BCUT2D eigenvalue weighted by Crippen LogP contribution is -2.29. The van der Waals surface area contributed by atoms with Crippen molar-refractivity contribution in [2.45, 2.75) is 25.3 Å². The summed E-state index contributed by atoms with van der Waals surface area (Å²) in [6, 6.07) is 3.53. The van der Waals surface area contributed by atoms with Crippen LogP contribution in [0.4, 0.5) is 0 Å². The predicted molar refractivity (Wildman–Crippen MR) is 79.1 cm³/mol. The molecule has 0 amide bonds. The minimum absolute atomic E-state index is 0.0473. The van der Waals surface area contributed by atoms with E-state index in [-0.39, 0.29) is 11.2 Å². The Morgan fingerprint density at radius 2 is 2.00 bits per heavy atom. The van der Waals surface area contributed by atoms with Gasteiger partial charge >= 0.3 is 11.7 Å². The van der Waals surface area contributed by atoms with E-state index in [1.165, 1.54) is 7.11 Å². The molecule has 1 saturated carbocycles. The monoisotopic (exact) mass is 338 g/mol. The maximum absolute atomic E-state index is 12.4. The van der Waals surface area contributed by atoms with Crippen LogP contribution in [0.25, 0.3) is 11.0 Å². The molecule has 3 rings (SSSR count). The lowest BCUT2D eigenvalue weighted by Gasteiger charge is -2.11. The molecule has 20 heavy (non-hydrogen) atoms. The molecule has 0 aliphatic heterocycles. The molecule has 1 aromatic carbocycles. The van der Waals surface area contributed by atoms with E-state index in [0.29, 0.717) is 10.0 Å². The van der Waals surface area contributed by atoms with E-state index in [2.05, 4.69) is 22.9 Å². The number of rotatable bonds is 2. The molecule has 0 N–H and O–H groups in total. The molecule has 0 bridgehead atoms. The predicted octanol–water partition coefficient (Wildman–Crippen LogP) is 2.40. The Balaban J connectivity index is 2.38. The van der Waals surface area contributed by atoms with Crippen molar-refractivity contribution in [2.75, 3.05) is 7.11 Å². The first-order chi connectivity index (χ1) is 9.39. The van der Waals surface area contributed by atoms with Gasteiger partial charge in [-0.05, 0) is 47.8 Å². The van der Waals surface area contributed by atoms with Crippen LogP contribution in [0, 0.1) is 0 Å². The summed E-state index contributed by atoms with van der Waals surface area (Å²) in [5.41, 5.74) is 1.85. The molecule has 0 spiro atoms. The van der Waals surface area contributed by atoms with Gasteiger partial charge in [0.15, 0.2) is 0 Å². The zero-order valence-corrected chi connectivity index (χ0v) is 13.2. The fourth-order valence-electron chi connectivity index (χ4n) is 2.55. The van der Waals surface area contributed by atoms with Crippen LogP contribution in [0.3, 0.4) is 0 Å². The number of ether oxygens (including phenoxy) is 1. The van der Waals surface area contributed by atoms with Gasteiger partial charge in [0.05, 0.1) is 23.7 Å². The van der Waals surface area contributed by atoms with E-state index >= 15 is 0 Å². The Kier molecular flexibility index (Phi) is 2.83. The maximum atomic E-state index is 12.4. The Morgan fingerprint density at radius 3 is 2.55 bits per heavy atom. The van der Waals surface area contributed by atoms with Crippen molar-refractivity contribution < 1.29 is 9.53 Å². The second kappa shape index (κ2) is 4.22. The topological polar surface area (TPSA) is 53.2 Å². The summed E-state index contributed by atoms with van der Waals surface area (Å²) in [7, 11) is 3.09. The number of carbonyl (C=O) groups is 1. The number of hydrogen-bond donors (Lipinski definition) is 0. The number of aromatic nitrogens is 2. The highest BCUT2D eigenvalue weighted by Crippen LogP contribution is 2.43. The number of halogens is 1. The Hall–Kier alpha value is -1.56. The molecule has 1 aliphatic carbocycles. The van der Waals surface area contributed by atoms with Crippen molar-refractivity contribution in [3.05, 3.63) is 32.7 Å². The van der Waals surface area contributed by atoms with Crippen LogP contribution in [0.1, 0.15) is 30.1 Å². The molecule has 0 saturated heterocycles. The maximum Gasteiger partial charge on any atom is 0.339 e. The number of nitrogens with zero attached hydrogens (tertiary/aromatic N) is 2. The van der Waals surface area contributed by atoms with Crippen LogP contribution in [-0.4, -0.2) is 22.2 Å². The fraction of sp³-hybridized carbons (Fsp3) is 0.429. The molecule has 1 fully saturated rings. The first-order valence-electron chi connectivity index (χ1n) is 6.39. The van der Waals surface area contributed by atoms with Gasteiger partial charge in [-0.25, -0.2) is 9.59 Å². The number of esters is 1. The molecular formula is C14H15BrN2O3. The summed E-state index contributed by atoms with van der Waals surface area (Å²) in [5.74, 6) is -0.414. The standard InChI is InChI=1S/C14H15BrN2O3/c1-14(4-5-14)17-11-6-8(12(18)20-3)9(15)7-10(11)16(2)13(17)19/h6-7H,4-5H2,1-3H3. The smallest absolute Gasteiger partial charge is 0.339 e. The van der Waals surface area contributed by atoms with Gasteiger partial charge in [0.1, 0.15) is 0 Å². The van der Waals surface area contributed by atoms with Gasteiger partial charge in [-0.3, -0.25) is 9.13 Å². The zero-order chi connectivity index (χ0) is 14.7. The number of hydrogen-bond acceptors (Lipinski definition) is 3. The molecule has 106 valence electrons. The van der Waals surface area contributed by atoms with Crippen LogP contribution >= 0.6 is 15.9 Å². The van der Waals surface area contributed by atoms with E-state index in [4.69, 9.17) is 4.74 Å². The highest BCUT2D eigenvalue weighted by atomic mass is 79.9. The summed E-state index contributed by atoms with van der Waals surface area (Å²) in [5, 5.41) is 0. The van der Waals surface area contributed by atoms with E-state index in [1.54, 1.807) is 28.3 Å². The average molecular weight is 339 g/mol. The van der Waals surface area contributed by atoms with Gasteiger partial charge < -0.3 is 4.74 Å². The van der Waals surface area contributed by atoms with Crippen molar-refractivity contribution in [3.8, 4) is 0 Å². The number of aryl methyl sites for hydroxylation is 1. The molecule has 2 aromatic rings.